The van der Waals surface area contributed by atoms with E-state index in [1.54, 1.807) is 25.1 Å². The smallest absolute Gasteiger partial charge is 0.265 e. The molecular formula is C13H12BrClN2O3S. The third kappa shape index (κ3) is 3.66. The van der Waals surface area contributed by atoms with Gasteiger partial charge in [-0.25, -0.2) is 13.4 Å². The SMILES string of the molecule is COc1ccc(Br)cc1S(=O)(=O)Nc1ccc(Cl)nc1C. The van der Waals surface area contributed by atoms with Crippen LogP contribution in [0.1, 0.15) is 5.69 Å². The van der Waals surface area contributed by atoms with Crippen LogP contribution in [0.2, 0.25) is 5.15 Å². The number of benzene rings is 1. The lowest BCUT2D eigenvalue weighted by molar-refractivity contribution is 0.403. The summed E-state index contributed by atoms with van der Waals surface area (Å²) < 4.78 is 33.2. The maximum atomic E-state index is 12.5. The van der Waals surface area contributed by atoms with Gasteiger partial charge in [0.1, 0.15) is 15.8 Å². The van der Waals surface area contributed by atoms with Crippen molar-refractivity contribution in [1.29, 1.82) is 0 Å². The highest BCUT2D eigenvalue weighted by molar-refractivity contribution is 9.10. The summed E-state index contributed by atoms with van der Waals surface area (Å²) in [7, 11) is -2.39. The van der Waals surface area contributed by atoms with Crippen molar-refractivity contribution in [1.82, 2.24) is 4.98 Å². The van der Waals surface area contributed by atoms with Crippen molar-refractivity contribution in [3.63, 3.8) is 0 Å². The van der Waals surface area contributed by atoms with Crippen molar-refractivity contribution in [2.24, 2.45) is 0 Å². The van der Waals surface area contributed by atoms with Gasteiger partial charge in [0.25, 0.3) is 10.0 Å². The molecule has 0 saturated heterocycles. The van der Waals surface area contributed by atoms with Crippen LogP contribution in [0.15, 0.2) is 39.7 Å². The summed E-state index contributed by atoms with van der Waals surface area (Å²) in [5.74, 6) is 0.255. The fraction of sp³-hybridized carbons (Fsp3) is 0.154. The number of hydrogen-bond donors (Lipinski definition) is 1. The number of anilines is 1. The van der Waals surface area contributed by atoms with Gasteiger partial charge < -0.3 is 4.74 Å². The molecule has 0 atom stereocenters. The Morgan fingerprint density at radius 2 is 2.00 bits per heavy atom. The molecular weight excluding hydrogens is 380 g/mol. The number of pyridine rings is 1. The quantitative estimate of drug-likeness (QED) is 0.808. The molecule has 0 aliphatic heterocycles. The predicted molar refractivity (Wildman–Crippen MR) is 85.5 cm³/mol. The predicted octanol–water partition coefficient (Wildman–Crippen LogP) is 3.62. The Bertz CT molecular complexity index is 781. The minimum atomic E-state index is -3.80. The Kier molecular flexibility index (Phi) is 4.75. The third-order valence-corrected chi connectivity index (χ3v) is 4.80. The van der Waals surface area contributed by atoms with E-state index in [1.807, 2.05) is 0 Å². The first kappa shape index (κ1) is 16.1. The first-order valence-electron chi connectivity index (χ1n) is 5.83. The van der Waals surface area contributed by atoms with E-state index >= 15 is 0 Å². The van der Waals surface area contributed by atoms with Gasteiger partial charge in [-0.3, -0.25) is 4.72 Å². The van der Waals surface area contributed by atoms with Crippen LogP contribution < -0.4 is 9.46 Å². The van der Waals surface area contributed by atoms with Crippen LogP contribution >= 0.6 is 27.5 Å². The van der Waals surface area contributed by atoms with E-state index < -0.39 is 10.0 Å². The molecule has 1 heterocycles. The number of rotatable bonds is 4. The van der Waals surface area contributed by atoms with Crippen molar-refractivity contribution in [2.75, 3.05) is 11.8 Å². The maximum Gasteiger partial charge on any atom is 0.265 e. The fourth-order valence-corrected chi connectivity index (χ4v) is 3.71. The second kappa shape index (κ2) is 6.21. The van der Waals surface area contributed by atoms with Crippen LogP contribution in [-0.2, 0) is 10.0 Å². The monoisotopic (exact) mass is 390 g/mol. The summed E-state index contributed by atoms with van der Waals surface area (Å²) in [4.78, 5) is 4.05. The molecule has 112 valence electrons. The second-order valence-corrected chi connectivity index (χ2v) is 7.12. The van der Waals surface area contributed by atoms with Crippen molar-refractivity contribution in [3.8, 4) is 5.75 Å². The van der Waals surface area contributed by atoms with Gasteiger partial charge in [-0.2, -0.15) is 0 Å². The highest BCUT2D eigenvalue weighted by atomic mass is 79.9. The zero-order valence-electron chi connectivity index (χ0n) is 11.2. The molecule has 5 nitrogen and oxygen atoms in total. The van der Waals surface area contributed by atoms with Gasteiger partial charge in [0, 0.05) is 4.47 Å². The molecule has 0 radical (unpaired) electrons. The number of methoxy groups -OCH3 is 1. The Morgan fingerprint density at radius 1 is 1.29 bits per heavy atom. The number of hydrogen-bond acceptors (Lipinski definition) is 4. The Morgan fingerprint density at radius 3 is 2.62 bits per heavy atom. The first-order chi connectivity index (χ1) is 9.83. The summed E-state index contributed by atoms with van der Waals surface area (Å²) in [6, 6.07) is 7.83. The Labute approximate surface area is 136 Å². The van der Waals surface area contributed by atoms with Crippen LogP contribution in [0.25, 0.3) is 0 Å². The standard InChI is InChI=1S/C13H12BrClN2O3S/c1-8-10(4-6-13(15)16-8)17-21(18,19)12-7-9(14)3-5-11(12)20-2/h3-7,17H,1-2H3. The van der Waals surface area contributed by atoms with Gasteiger partial charge in [-0.1, -0.05) is 27.5 Å². The number of halogens is 2. The van der Waals surface area contributed by atoms with Crippen LogP contribution in [0.4, 0.5) is 5.69 Å². The second-order valence-electron chi connectivity index (χ2n) is 4.17. The van der Waals surface area contributed by atoms with Gasteiger partial charge in [-0.05, 0) is 37.3 Å². The van der Waals surface area contributed by atoms with Gasteiger partial charge in [0.2, 0.25) is 0 Å². The molecule has 8 heteroatoms. The van der Waals surface area contributed by atoms with Gasteiger partial charge in [-0.15, -0.1) is 0 Å². The molecule has 2 rings (SSSR count). The van der Waals surface area contributed by atoms with E-state index in [1.165, 1.54) is 19.2 Å². The van der Waals surface area contributed by atoms with E-state index in [4.69, 9.17) is 16.3 Å². The summed E-state index contributed by atoms with van der Waals surface area (Å²) >= 11 is 9.01. The minimum absolute atomic E-state index is 0.0359. The molecule has 0 fully saturated rings. The van der Waals surface area contributed by atoms with Crippen LogP contribution in [0, 0.1) is 6.92 Å². The zero-order valence-corrected chi connectivity index (χ0v) is 14.4. The maximum absolute atomic E-state index is 12.5. The Hall–Kier alpha value is -1.31. The number of sulfonamides is 1. The van der Waals surface area contributed by atoms with Gasteiger partial charge in [0.15, 0.2) is 0 Å². The van der Waals surface area contributed by atoms with Gasteiger partial charge in [0.05, 0.1) is 18.5 Å². The molecule has 0 aliphatic carbocycles. The van der Waals surface area contributed by atoms with Crippen LogP contribution in [-0.4, -0.2) is 20.5 Å². The summed E-state index contributed by atoms with van der Waals surface area (Å²) in [5.41, 5.74) is 0.849. The molecule has 1 aromatic carbocycles. The molecule has 0 aliphatic rings. The lowest BCUT2D eigenvalue weighted by atomic mass is 10.3. The molecule has 1 aromatic heterocycles. The molecule has 0 amide bonds. The number of nitrogens with one attached hydrogen (secondary N) is 1. The lowest BCUT2D eigenvalue weighted by Gasteiger charge is -2.13. The molecule has 0 bridgehead atoms. The average molecular weight is 392 g/mol. The molecule has 0 spiro atoms. The fourth-order valence-electron chi connectivity index (χ4n) is 1.70. The highest BCUT2D eigenvalue weighted by Crippen LogP contribution is 2.29. The van der Waals surface area contributed by atoms with Gasteiger partial charge >= 0.3 is 0 Å². The minimum Gasteiger partial charge on any atom is -0.495 e. The van der Waals surface area contributed by atoms with E-state index in [-0.39, 0.29) is 10.6 Å². The Balaban J connectivity index is 2.45. The average Bonchev–Trinajstić information content (AvgIpc) is 2.42. The third-order valence-electron chi connectivity index (χ3n) is 2.71. The topological polar surface area (TPSA) is 68.3 Å². The normalized spacial score (nSPS) is 11.2. The first-order valence-corrected chi connectivity index (χ1v) is 8.48. The van der Waals surface area contributed by atoms with Crippen LogP contribution in [0.5, 0.6) is 5.75 Å². The van der Waals surface area contributed by atoms with Crippen molar-refractivity contribution < 1.29 is 13.2 Å². The number of aryl methyl sites for hydroxylation is 1. The zero-order chi connectivity index (χ0) is 15.6. The number of ether oxygens (including phenoxy) is 1. The largest absolute Gasteiger partial charge is 0.495 e. The number of aromatic nitrogens is 1. The van der Waals surface area contributed by atoms with E-state index in [0.29, 0.717) is 21.0 Å². The summed E-state index contributed by atoms with van der Waals surface area (Å²) in [6.07, 6.45) is 0. The molecule has 0 unspecified atom stereocenters. The van der Waals surface area contributed by atoms with Crippen LogP contribution in [0.3, 0.4) is 0 Å². The summed E-state index contributed by atoms with van der Waals surface area (Å²) in [5, 5.41) is 0.301. The summed E-state index contributed by atoms with van der Waals surface area (Å²) in [6.45, 7) is 1.67. The molecule has 1 N–H and O–H groups in total. The van der Waals surface area contributed by atoms with Crippen molar-refractivity contribution >= 4 is 43.2 Å². The number of nitrogens with zero attached hydrogens (tertiary/aromatic N) is 1. The van der Waals surface area contributed by atoms with E-state index in [2.05, 4.69) is 25.6 Å². The highest BCUT2D eigenvalue weighted by Gasteiger charge is 2.21. The van der Waals surface area contributed by atoms with Crippen molar-refractivity contribution in [2.45, 2.75) is 11.8 Å². The molecule has 2 aromatic rings. The lowest BCUT2D eigenvalue weighted by Crippen LogP contribution is -2.15. The molecule has 0 saturated carbocycles. The molecule has 21 heavy (non-hydrogen) atoms. The van der Waals surface area contributed by atoms with E-state index in [9.17, 15) is 8.42 Å². The van der Waals surface area contributed by atoms with Crippen molar-refractivity contribution in [3.05, 3.63) is 45.7 Å². The van der Waals surface area contributed by atoms with E-state index in [0.717, 1.165) is 0 Å².